The highest BCUT2D eigenvalue weighted by Gasteiger charge is 2.70. The van der Waals surface area contributed by atoms with Crippen molar-refractivity contribution in [2.45, 2.75) is 119 Å². The molecule has 9 atom stereocenters. The number of hydrogen-bond acceptors (Lipinski definition) is 1. The van der Waals surface area contributed by atoms with Gasteiger partial charge in [0.15, 0.2) is 6.10 Å². The Kier molecular flexibility index (Phi) is 5.06. The van der Waals surface area contributed by atoms with Gasteiger partial charge < -0.3 is 4.74 Å². The lowest BCUT2D eigenvalue weighted by molar-refractivity contribution is -0.177. The van der Waals surface area contributed by atoms with Crippen LogP contribution >= 0.6 is 0 Å². The summed E-state index contributed by atoms with van der Waals surface area (Å²) in [5, 5.41) is 0. The molecule has 176 valence electrons. The summed E-state index contributed by atoms with van der Waals surface area (Å²) >= 11 is 0. The molecular formula is C30H50O. The monoisotopic (exact) mass is 426 g/mol. The second-order valence-corrected chi connectivity index (χ2v) is 14.4. The van der Waals surface area contributed by atoms with Crippen LogP contribution in [0.3, 0.4) is 0 Å². The molecule has 0 spiro atoms. The lowest BCUT2D eigenvalue weighted by Crippen LogP contribution is -2.61. The topological polar surface area (TPSA) is 12.5 Å². The molecule has 0 amide bonds. The van der Waals surface area contributed by atoms with Crippen molar-refractivity contribution in [1.29, 1.82) is 0 Å². The van der Waals surface area contributed by atoms with Gasteiger partial charge in [-0.2, -0.15) is 0 Å². The first-order valence-corrected chi connectivity index (χ1v) is 13.8. The van der Waals surface area contributed by atoms with Crippen LogP contribution < -0.4 is 0 Å². The maximum atomic E-state index is 6.14. The summed E-state index contributed by atoms with van der Waals surface area (Å²) in [7, 11) is 0. The Balaban J connectivity index is 1.40. The van der Waals surface area contributed by atoms with Crippen LogP contribution in [0.5, 0.6) is 0 Å². The average Bonchev–Trinajstić information content (AvgIpc) is 3.35. The van der Waals surface area contributed by atoms with Crippen molar-refractivity contribution < 1.29 is 4.74 Å². The van der Waals surface area contributed by atoms with Crippen LogP contribution in [0, 0.1) is 57.2 Å². The van der Waals surface area contributed by atoms with Gasteiger partial charge in [-0.3, -0.25) is 0 Å². The van der Waals surface area contributed by atoms with Crippen LogP contribution in [0.15, 0.2) is 11.8 Å². The minimum Gasteiger partial charge on any atom is -0.483 e. The summed E-state index contributed by atoms with van der Waals surface area (Å²) in [5.41, 5.74) is 1.65. The summed E-state index contributed by atoms with van der Waals surface area (Å²) in [6.07, 6.45) is 16.1. The van der Waals surface area contributed by atoms with Gasteiger partial charge in [-0.1, -0.05) is 74.7 Å². The number of rotatable bonds is 5. The van der Waals surface area contributed by atoms with Gasteiger partial charge in [-0.05, 0) is 96.4 Å². The molecule has 0 aromatic heterocycles. The second-order valence-electron chi connectivity index (χ2n) is 14.4. The van der Waals surface area contributed by atoms with E-state index in [0.29, 0.717) is 27.8 Å². The first-order valence-electron chi connectivity index (χ1n) is 13.8. The van der Waals surface area contributed by atoms with E-state index in [9.17, 15) is 0 Å². The number of allylic oxidation sites excluding steroid dienone is 1. The molecule has 1 saturated heterocycles. The molecule has 4 aliphatic carbocycles. The number of ether oxygens (including phenoxy) is 1. The second kappa shape index (κ2) is 7.02. The van der Waals surface area contributed by atoms with Crippen LogP contribution in [-0.2, 0) is 4.74 Å². The van der Waals surface area contributed by atoms with E-state index in [1.54, 1.807) is 0 Å². The van der Waals surface area contributed by atoms with E-state index in [0.717, 1.165) is 35.5 Å². The zero-order valence-corrected chi connectivity index (χ0v) is 21.9. The van der Waals surface area contributed by atoms with Gasteiger partial charge in [0.25, 0.3) is 0 Å². The Hall–Kier alpha value is -0.460. The van der Waals surface area contributed by atoms with Gasteiger partial charge in [0.1, 0.15) is 5.76 Å². The van der Waals surface area contributed by atoms with Crippen LogP contribution in [0.4, 0.5) is 0 Å². The number of hydrogen-bond donors (Lipinski definition) is 0. The first kappa shape index (κ1) is 22.3. The SMILES string of the molecule is CC(C)CCC[C@@H](C)[C@H]1CC[C@@]2(C)[C@H]1CC[C@@H]1[C@@]3(C)C=C4OC4C(C)(C)C3CC[C@]12C. The molecular weight excluding hydrogens is 376 g/mol. The molecule has 0 radical (unpaired) electrons. The van der Waals surface area contributed by atoms with Gasteiger partial charge in [-0.15, -0.1) is 0 Å². The van der Waals surface area contributed by atoms with E-state index >= 15 is 0 Å². The fourth-order valence-electron chi connectivity index (χ4n) is 10.4. The highest BCUT2D eigenvalue weighted by Crippen LogP contribution is 2.76. The van der Waals surface area contributed by atoms with E-state index in [-0.39, 0.29) is 0 Å². The average molecular weight is 427 g/mol. The molecule has 31 heavy (non-hydrogen) atoms. The predicted octanol–water partition coefficient (Wildman–Crippen LogP) is 8.64. The van der Waals surface area contributed by atoms with Crippen molar-refractivity contribution in [3.05, 3.63) is 11.8 Å². The highest BCUT2D eigenvalue weighted by molar-refractivity contribution is 5.32. The first-order chi connectivity index (χ1) is 14.4. The predicted molar refractivity (Wildman–Crippen MR) is 131 cm³/mol. The minimum atomic E-state index is 0.307. The Bertz CT molecular complexity index is 748. The molecule has 3 saturated carbocycles. The van der Waals surface area contributed by atoms with Crippen LogP contribution in [0.2, 0.25) is 0 Å². The molecule has 1 heteroatoms. The van der Waals surface area contributed by atoms with Crippen LogP contribution in [-0.4, -0.2) is 6.10 Å². The molecule has 5 rings (SSSR count). The summed E-state index contributed by atoms with van der Waals surface area (Å²) in [6, 6.07) is 0. The van der Waals surface area contributed by atoms with E-state index in [4.69, 9.17) is 4.74 Å². The Labute approximate surface area is 193 Å². The fourth-order valence-corrected chi connectivity index (χ4v) is 10.4. The zero-order valence-electron chi connectivity index (χ0n) is 21.9. The van der Waals surface area contributed by atoms with Crippen molar-refractivity contribution in [3.8, 4) is 0 Å². The molecule has 5 aliphatic rings. The molecule has 1 heterocycles. The number of epoxide rings is 1. The van der Waals surface area contributed by atoms with Gasteiger partial charge in [-0.25, -0.2) is 0 Å². The Morgan fingerprint density at radius 2 is 1.58 bits per heavy atom. The molecule has 1 aliphatic heterocycles. The smallest absolute Gasteiger partial charge is 0.160 e. The summed E-state index contributed by atoms with van der Waals surface area (Å²) in [5.74, 6) is 6.64. The molecule has 0 aromatic rings. The molecule has 0 bridgehead atoms. The van der Waals surface area contributed by atoms with E-state index in [1.165, 1.54) is 63.5 Å². The third-order valence-corrected chi connectivity index (χ3v) is 12.3. The third-order valence-electron chi connectivity index (χ3n) is 12.3. The minimum absolute atomic E-state index is 0.307. The third kappa shape index (κ3) is 2.99. The van der Waals surface area contributed by atoms with E-state index in [2.05, 4.69) is 61.5 Å². The van der Waals surface area contributed by atoms with Crippen molar-refractivity contribution >= 4 is 0 Å². The molecule has 4 fully saturated rings. The molecule has 0 aromatic carbocycles. The number of fused-ring (bicyclic) bond motifs is 6. The van der Waals surface area contributed by atoms with Crippen molar-refractivity contribution in [2.24, 2.45) is 57.2 Å². The fraction of sp³-hybridized carbons (Fsp3) is 0.933. The lowest BCUT2D eigenvalue weighted by Gasteiger charge is -2.67. The normalized spacial score (nSPS) is 50.5. The van der Waals surface area contributed by atoms with Crippen molar-refractivity contribution in [2.75, 3.05) is 0 Å². The van der Waals surface area contributed by atoms with Crippen LogP contribution in [0.25, 0.3) is 0 Å². The summed E-state index contributed by atoms with van der Waals surface area (Å²) in [4.78, 5) is 0. The molecule has 2 unspecified atom stereocenters. The standard InChI is InChI=1S/C30H50O/c1-19(2)10-9-11-20(3)21-14-16-29(7)22(21)12-13-25-28(6)18-23-26(31-23)27(4,5)24(28)15-17-30(25,29)8/h18-22,24-26H,9-17H2,1-8H3/t20-,21-,22+,24?,25-,26?,28+,29+,30-/m1/s1. The Morgan fingerprint density at radius 1 is 0.871 bits per heavy atom. The lowest BCUT2D eigenvalue weighted by atomic mass is 9.36. The van der Waals surface area contributed by atoms with Crippen LogP contribution in [0.1, 0.15) is 113 Å². The van der Waals surface area contributed by atoms with E-state index in [1.807, 2.05) is 0 Å². The zero-order chi connectivity index (χ0) is 22.4. The maximum absolute atomic E-state index is 6.14. The van der Waals surface area contributed by atoms with Gasteiger partial charge in [0.2, 0.25) is 0 Å². The summed E-state index contributed by atoms with van der Waals surface area (Å²) in [6.45, 7) is 20.5. The highest BCUT2D eigenvalue weighted by atomic mass is 16.6. The molecule has 1 nitrogen and oxygen atoms in total. The molecule has 0 N–H and O–H groups in total. The van der Waals surface area contributed by atoms with E-state index < -0.39 is 0 Å². The van der Waals surface area contributed by atoms with Crippen molar-refractivity contribution in [3.63, 3.8) is 0 Å². The summed E-state index contributed by atoms with van der Waals surface area (Å²) < 4.78 is 6.14. The maximum Gasteiger partial charge on any atom is 0.160 e. The Morgan fingerprint density at radius 3 is 2.29 bits per heavy atom. The van der Waals surface area contributed by atoms with Crippen molar-refractivity contribution in [1.82, 2.24) is 0 Å². The quantitative estimate of drug-likeness (QED) is 0.401. The van der Waals surface area contributed by atoms with Gasteiger partial charge in [0, 0.05) is 5.41 Å². The van der Waals surface area contributed by atoms with Gasteiger partial charge in [0.05, 0.1) is 0 Å². The largest absolute Gasteiger partial charge is 0.483 e. The van der Waals surface area contributed by atoms with Gasteiger partial charge >= 0.3 is 0 Å².